The lowest BCUT2D eigenvalue weighted by molar-refractivity contribution is -0.140. The Hall–Kier alpha value is -2.23. The maximum absolute atomic E-state index is 13.4. The highest BCUT2D eigenvalue weighted by Gasteiger charge is 2.27. The summed E-state index contributed by atoms with van der Waals surface area (Å²) < 4.78 is 32.0. The number of rotatable bonds is 7. The van der Waals surface area contributed by atoms with Crippen molar-refractivity contribution in [3.05, 3.63) is 54.1 Å². The first kappa shape index (κ1) is 20.5. The molecule has 0 amide bonds. The van der Waals surface area contributed by atoms with Gasteiger partial charge in [-0.2, -0.15) is 0 Å². The van der Waals surface area contributed by atoms with Crippen LogP contribution in [0.4, 0.5) is 8.78 Å². The second-order valence-corrected chi connectivity index (χ2v) is 7.79. The minimum Gasteiger partial charge on any atom is -0.426 e. The predicted molar refractivity (Wildman–Crippen MR) is 107 cm³/mol. The first-order valence-corrected chi connectivity index (χ1v) is 10.3. The van der Waals surface area contributed by atoms with Crippen molar-refractivity contribution in [3.8, 4) is 16.9 Å². The van der Waals surface area contributed by atoms with Crippen LogP contribution in [0.25, 0.3) is 11.1 Å². The summed E-state index contributed by atoms with van der Waals surface area (Å²) in [4.78, 5) is 12.5. The summed E-state index contributed by atoms with van der Waals surface area (Å²) in [6.45, 7) is 2.22. The van der Waals surface area contributed by atoms with Crippen molar-refractivity contribution in [1.29, 1.82) is 0 Å². The number of halogens is 2. The lowest BCUT2D eigenvalue weighted by Gasteiger charge is -2.27. The Labute approximate surface area is 165 Å². The maximum atomic E-state index is 13.4. The molecule has 0 heterocycles. The van der Waals surface area contributed by atoms with E-state index in [2.05, 4.69) is 6.92 Å². The Balaban J connectivity index is 1.51. The topological polar surface area (TPSA) is 26.3 Å². The average Bonchev–Trinajstić information content (AvgIpc) is 2.71. The molecule has 0 spiro atoms. The van der Waals surface area contributed by atoms with Gasteiger partial charge in [0.05, 0.1) is 5.92 Å². The molecule has 2 aromatic rings. The number of benzene rings is 2. The van der Waals surface area contributed by atoms with Crippen LogP contribution >= 0.6 is 0 Å². The van der Waals surface area contributed by atoms with Gasteiger partial charge < -0.3 is 4.74 Å². The molecule has 1 saturated carbocycles. The number of hydrogen-bond donors (Lipinski definition) is 0. The molecule has 150 valence electrons. The van der Waals surface area contributed by atoms with Crippen LogP contribution < -0.4 is 4.74 Å². The molecule has 0 radical (unpaired) electrons. The van der Waals surface area contributed by atoms with Crippen molar-refractivity contribution < 1.29 is 18.3 Å². The predicted octanol–water partition coefficient (Wildman–Crippen LogP) is 6.92. The molecule has 4 heteroatoms. The van der Waals surface area contributed by atoms with Gasteiger partial charge in [-0.25, -0.2) is 8.78 Å². The third kappa shape index (κ3) is 5.40. The molecule has 3 rings (SSSR count). The highest BCUT2D eigenvalue weighted by molar-refractivity contribution is 5.75. The number of esters is 1. The largest absolute Gasteiger partial charge is 0.426 e. The Kier molecular flexibility index (Phi) is 7.18. The van der Waals surface area contributed by atoms with E-state index in [1.807, 2.05) is 0 Å². The lowest BCUT2D eigenvalue weighted by atomic mass is 9.80. The van der Waals surface area contributed by atoms with Crippen LogP contribution in [0.2, 0.25) is 0 Å². The first-order valence-electron chi connectivity index (χ1n) is 10.3. The van der Waals surface area contributed by atoms with Gasteiger partial charge in [0.2, 0.25) is 0 Å². The summed E-state index contributed by atoms with van der Waals surface area (Å²) in [7, 11) is 0. The minimum absolute atomic E-state index is 0.0201. The maximum Gasteiger partial charge on any atom is 0.314 e. The van der Waals surface area contributed by atoms with Gasteiger partial charge >= 0.3 is 5.97 Å². The van der Waals surface area contributed by atoms with Crippen LogP contribution in [-0.4, -0.2) is 5.97 Å². The standard InChI is InChI=1S/C24H28F2O2/c1-2-3-4-5-17-6-8-19(9-7-17)24(27)28-21-13-10-18(11-14-21)20-12-15-22(25)23(26)16-20/h10-17,19H,2-9H2,1H3/t17-,19-. The van der Waals surface area contributed by atoms with Crippen molar-refractivity contribution in [1.82, 2.24) is 0 Å². The van der Waals surface area contributed by atoms with Crippen LogP contribution in [0.1, 0.15) is 58.3 Å². The van der Waals surface area contributed by atoms with E-state index >= 15 is 0 Å². The molecule has 0 atom stereocenters. The zero-order chi connectivity index (χ0) is 19.9. The lowest BCUT2D eigenvalue weighted by Crippen LogP contribution is -2.25. The van der Waals surface area contributed by atoms with Crippen molar-refractivity contribution in [2.24, 2.45) is 11.8 Å². The van der Waals surface area contributed by atoms with Gasteiger partial charge in [0.15, 0.2) is 11.6 Å². The van der Waals surface area contributed by atoms with E-state index < -0.39 is 11.6 Å². The fourth-order valence-corrected chi connectivity index (χ4v) is 3.96. The third-order valence-corrected chi connectivity index (χ3v) is 5.72. The fraction of sp³-hybridized carbons (Fsp3) is 0.458. The highest BCUT2D eigenvalue weighted by Crippen LogP contribution is 2.33. The first-order chi connectivity index (χ1) is 13.6. The molecular weight excluding hydrogens is 358 g/mol. The van der Waals surface area contributed by atoms with Crippen molar-refractivity contribution in [3.63, 3.8) is 0 Å². The molecule has 0 aromatic heterocycles. The third-order valence-electron chi connectivity index (χ3n) is 5.72. The van der Waals surface area contributed by atoms with Crippen LogP contribution in [0.15, 0.2) is 42.5 Å². The smallest absolute Gasteiger partial charge is 0.314 e. The molecule has 1 aliphatic rings. The number of carbonyl (C=O) groups is 1. The van der Waals surface area contributed by atoms with Crippen LogP contribution in [0.3, 0.4) is 0 Å². The van der Waals surface area contributed by atoms with Gasteiger partial charge in [-0.05, 0) is 67.0 Å². The zero-order valence-electron chi connectivity index (χ0n) is 16.4. The molecule has 2 aromatic carbocycles. The molecule has 28 heavy (non-hydrogen) atoms. The molecule has 0 saturated heterocycles. The van der Waals surface area contributed by atoms with Crippen molar-refractivity contribution in [2.75, 3.05) is 0 Å². The molecule has 0 N–H and O–H groups in total. The minimum atomic E-state index is -0.877. The van der Waals surface area contributed by atoms with Crippen molar-refractivity contribution in [2.45, 2.75) is 58.3 Å². The van der Waals surface area contributed by atoms with E-state index in [4.69, 9.17) is 4.74 Å². The second kappa shape index (κ2) is 9.81. The number of unbranched alkanes of at least 4 members (excludes halogenated alkanes) is 2. The second-order valence-electron chi connectivity index (χ2n) is 7.79. The quantitative estimate of drug-likeness (QED) is 0.293. The summed E-state index contributed by atoms with van der Waals surface area (Å²) in [6, 6.07) is 10.7. The molecule has 1 aliphatic carbocycles. The Bertz CT molecular complexity index is 778. The molecule has 1 fully saturated rings. The van der Waals surface area contributed by atoms with E-state index in [9.17, 15) is 13.6 Å². The highest BCUT2D eigenvalue weighted by atomic mass is 19.2. The molecule has 0 aliphatic heterocycles. The van der Waals surface area contributed by atoms with Gasteiger partial charge in [-0.3, -0.25) is 4.79 Å². The monoisotopic (exact) mass is 386 g/mol. The van der Waals surface area contributed by atoms with Crippen LogP contribution in [0.5, 0.6) is 5.75 Å². The Morgan fingerprint density at radius 1 is 0.929 bits per heavy atom. The van der Waals surface area contributed by atoms with Gasteiger partial charge in [0.1, 0.15) is 5.75 Å². The van der Waals surface area contributed by atoms with E-state index in [0.29, 0.717) is 11.3 Å². The van der Waals surface area contributed by atoms with Gasteiger partial charge in [0.25, 0.3) is 0 Å². The van der Waals surface area contributed by atoms with E-state index in [0.717, 1.165) is 49.3 Å². The van der Waals surface area contributed by atoms with Gasteiger partial charge in [0, 0.05) is 0 Å². The summed E-state index contributed by atoms with van der Waals surface area (Å²) in [5.41, 5.74) is 1.32. The summed E-state index contributed by atoms with van der Waals surface area (Å²) >= 11 is 0. The Morgan fingerprint density at radius 2 is 1.61 bits per heavy atom. The van der Waals surface area contributed by atoms with E-state index in [-0.39, 0.29) is 11.9 Å². The summed E-state index contributed by atoms with van der Waals surface area (Å²) in [5, 5.41) is 0. The zero-order valence-corrected chi connectivity index (χ0v) is 16.4. The van der Waals surface area contributed by atoms with Crippen molar-refractivity contribution >= 4 is 5.97 Å². The molecule has 2 nitrogen and oxygen atoms in total. The molecule has 0 unspecified atom stereocenters. The number of carbonyl (C=O) groups excluding carboxylic acids is 1. The van der Waals surface area contributed by atoms with Gasteiger partial charge in [-0.15, -0.1) is 0 Å². The Morgan fingerprint density at radius 3 is 2.25 bits per heavy atom. The average molecular weight is 386 g/mol. The van der Waals surface area contributed by atoms with E-state index in [1.165, 1.54) is 31.7 Å². The summed E-state index contributed by atoms with van der Waals surface area (Å²) in [5.74, 6) is -0.680. The van der Waals surface area contributed by atoms with Crippen LogP contribution in [-0.2, 0) is 4.79 Å². The van der Waals surface area contributed by atoms with Crippen LogP contribution in [0, 0.1) is 23.5 Å². The van der Waals surface area contributed by atoms with E-state index in [1.54, 1.807) is 24.3 Å². The number of ether oxygens (including phenoxy) is 1. The SMILES string of the molecule is CCCCC[C@H]1CC[C@H](C(=O)Oc2ccc(-c3ccc(F)c(F)c3)cc2)CC1. The molecule has 0 bridgehead atoms. The van der Waals surface area contributed by atoms with Gasteiger partial charge in [-0.1, -0.05) is 50.8 Å². The number of hydrogen-bond acceptors (Lipinski definition) is 2. The summed E-state index contributed by atoms with van der Waals surface area (Å²) in [6.07, 6.45) is 9.14. The molecular formula is C24H28F2O2. The fourth-order valence-electron chi connectivity index (χ4n) is 3.96. The normalized spacial score (nSPS) is 19.4.